The quantitative estimate of drug-likeness (QED) is 0.746. The number of benzene rings is 1. The number of rotatable bonds is 5. The zero-order valence-corrected chi connectivity index (χ0v) is 13.9. The van der Waals surface area contributed by atoms with Crippen LogP contribution < -0.4 is 5.32 Å². The second-order valence-electron chi connectivity index (χ2n) is 4.34. The highest BCUT2D eigenvalue weighted by Crippen LogP contribution is 2.20. The van der Waals surface area contributed by atoms with Crippen molar-refractivity contribution in [3.63, 3.8) is 0 Å². The molecule has 0 aliphatic carbocycles. The van der Waals surface area contributed by atoms with E-state index in [-0.39, 0.29) is 0 Å². The lowest BCUT2D eigenvalue weighted by Crippen LogP contribution is -2.20. The summed E-state index contributed by atoms with van der Waals surface area (Å²) in [5.74, 6) is 0. The van der Waals surface area contributed by atoms with Gasteiger partial charge >= 0.3 is 0 Å². The molecule has 1 aromatic heterocycles. The lowest BCUT2D eigenvalue weighted by Gasteiger charge is -2.17. The van der Waals surface area contributed by atoms with Crippen LogP contribution in [0.25, 0.3) is 0 Å². The van der Waals surface area contributed by atoms with Gasteiger partial charge in [-0.1, -0.05) is 41.1 Å². The van der Waals surface area contributed by atoms with Gasteiger partial charge in [-0.05, 0) is 52.2 Å². The van der Waals surface area contributed by atoms with Crippen LogP contribution in [0.1, 0.15) is 30.6 Å². The monoisotopic (exact) mass is 382 g/mol. The lowest BCUT2D eigenvalue weighted by molar-refractivity contribution is 0.514. The van der Waals surface area contributed by atoms with Gasteiger partial charge in [0.05, 0.1) is 5.69 Å². The van der Waals surface area contributed by atoms with Crippen LogP contribution in [0, 0.1) is 0 Å². The van der Waals surface area contributed by atoms with E-state index in [1.165, 1.54) is 5.56 Å². The zero-order valence-electron chi connectivity index (χ0n) is 10.7. The van der Waals surface area contributed by atoms with Crippen molar-refractivity contribution in [2.75, 3.05) is 0 Å². The second kappa shape index (κ2) is 7.17. The Labute approximate surface area is 130 Å². The van der Waals surface area contributed by atoms with Gasteiger partial charge in [-0.15, -0.1) is 0 Å². The van der Waals surface area contributed by atoms with Crippen molar-refractivity contribution < 1.29 is 0 Å². The van der Waals surface area contributed by atoms with Gasteiger partial charge < -0.3 is 5.32 Å². The molecule has 0 aliphatic heterocycles. The number of pyridine rings is 1. The molecule has 1 atom stereocenters. The molecular weight excluding hydrogens is 368 g/mol. The second-order valence-corrected chi connectivity index (χ2v) is 6.07. The number of nitrogens with zero attached hydrogens (tertiary/aromatic N) is 1. The lowest BCUT2D eigenvalue weighted by atomic mass is 10.0. The highest BCUT2D eigenvalue weighted by Gasteiger charge is 2.08. The van der Waals surface area contributed by atoms with Gasteiger partial charge in [0.25, 0.3) is 0 Å². The number of hydrogen-bond acceptors (Lipinski definition) is 2. The molecule has 19 heavy (non-hydrogen) atoms. The average molecular weight is 384 g/mol. The molecule has 0 saturated carbocycles. The maximum atomic E-state index is 4.43. The fourth-order valence-corrected chi connectivity index (χ4v) is 2.61. The van der Waals surface area contributed by atoms with Crippen LogP contribution in [-0.4, -0.2) is 4.98 Å². The highest BCUT2D eigenvalue weighted by molar-refractivity contribution is 9.10. The number of nitrogens with one attached hydrogen (secondary N) is 1. The van der Waals surface area contributed by atoms with Crippen molar-refractivity contribution in [2.45, 2.75) is 25.9 Å². The molecule has 0 radical (unpaired) electrons. The van der Waals surface area contributed by atoms with Gasteiger partial charge in [0.2, 0.25) is 0 Å². The first-order valence-electron chi connectivity index (χ1n) is 6.29. The minimum atomic E-state index is 0.355. The van der Waals surface area contributed by atoms with Crippen LogP contribution in [0.4, 0.5) is 0 Å². The van der Waals surface area contributed by atoms with E-state index >= 15 is 0 Å². The summed E-state index contributed by atoms with van der Waals surface area (Å²) in [7, 11) is 0. The molecule has 0 fully saturated rings. The molecule has 2 aromatic rings. The summed E-state index contributed by atoms with van der Waals surface area (Å²) < 4.78 is 1.99. The van der Waals surface area contributed by atoms with E-state index in [2.05, 4.69) is 73.3 Å². The Kier molecular flexibility index (Phi) is 5.55. The zero-order chi connectivity index (χ0) is 13.7. The molecule has 2 rings (SSSR count). The smallest absolute Gasteiger partial charge is 0.106 e. The van der Waals surface area contributed by atoms with E-state index in [0.717, 1.165) is 27.7 Å². The summed E-state index contributed by atoms with van der Waals surface area (Å²) in [5.41, 5.74) is 2.35. The fourth-order valence-electron chi connectivity index (χ4n) is 1.97. The Balaban J connectivity index is 2.01. The van der Waals surface area contributed by atoms with Gasteiger partial charge in [0.1, 0.15) is 4.60 Å². The fraction of sp³-hybridized carbons (Fsp3) is 0.267. The van der Waals surface area contributed by atoms with Gasteiger partial charge in [-0.2, -0.15) is 0 Å². The third-order valence-corrected chi connectivity index (χ3v) is 3.95. The van der Waals surface area contributed by atoms with Crippen molar-refractivity contribution in [1.29, 1.82) is 0 Å². The van der Waals surface area contributed by atoms with Crippen molar-refractivity contribution in [3.05, 3.63) is 62.8 Å². The average Bonchev–Trinajstić information content (AvgIpc) is 2.41. The van der Waals surface area contributed by atoms with E-state index in [0.29, 0.717) is 6.04 Å². The Hall–Kier alpha value is -0.710. The molecule has 0 saturated heterocycles. The summed E-state index contributed by atoms with van der Waals surface area (Å²) in [6.45, 7) is 2.96. The first-order chi connectivity index (χ1) is 9.19. The summed E-state index contributed by atoms with van der Waals surface area (Å²) in [4.78, 5) is 4.43. The van der Waals surface area contributed by atoms with Crippen LogP contribution in [0.2, 0.25) is 0 Å². The molecule has 4 heteroatoms. The van der Waals surface area contributed by atoms with Gasteiger partial charge in [0, 0.05) is 17.1 Å². The summed E-state index contributed by atoms with van der Waals surface area (Å²) >= 11 is 6.86. The minimum Gasteiger partial charge on any atom is -0.304 e. The normalized spacial score (nSPS) is 12.4. The SMILES string of the molecule is CCC(NCc1cccc(Br)n1)c1ccc(Br)cc1. The van der Waals surface area contributed by atoms with E-state index < -0.39 is 0 Å². The minimum absolute atomic E-state index is 0.355. The summed E-state index contributed by atoms with van der Waals surface area (Å²) in [5, 5.41) is 3.55. The molecule has 2 nitrogen and oxygen atoms in total. The van der Waals surface area contributed by atoms with E-state index in [4.69, 9.17) is 0 Å². The number of hydrogen-bond donors (Lipinski definition) is 1. The predicted octanol–water partition coefficient (Wildman–Crippen LogP) is 4.85. The van der Waals surface area contributed by atoms with Gasteiger partial charge in [-0.3, -0.25) is 0 Å². The van der Waals surface area contributed by atoms with Crippen LogP contribution in [0.5, 0.6) is 0 Å². The molecule has 0 aliphatic rings. The van der Waals surface area contributed by atoms with Crippen molar-refractivity contribution >= 4 is 31.9 Å². The predicted molar refractivity (Wildman–Crippen MR) is 86.0 cm³/mol. The van der Waals surface area contributed by atoms with Gasteiger partial charge in [0.15, 0.2) is 0 Å². The Morgan fingerprint density at radius 1 is 1.11 bits per heavy atom. The first kappa shape index (κ1) is 14.7. The van der Waals surface area contributed by atoms with Crippen molar-refractivity contribution in [2.24, 2.45) is 0 Å². The largest absolute Gasteiger partial charge is 0.304 e. The molecule has 0 amide bonds. The first-order valence-corrected chi connectivity index (χ1v) is 7.88. The molecule has 100 valence electrons. The molecule has 0 bridgehead atoms. The Morgan fingerprint density at radius 3 is 2.47 bits per heavy atom. The molecule has 1 heterocycles. The van der Waals surface area contributed by atoms with Crippen LogP contribution in [-0.2, 0) is 6.54 Å². The third kappa shape index (κ3) is 4.41. The van der Waals surface area contributed by atoms with Crippen molar-refractivity contribution in [3.8, 4) is 0 Å². The topological polar surface area (TPSA) is 24.9 Å². The standard InChI is InChI=1S/C15H16Br2N2/c1-2-14(11-6-8-12(16)9-7-11)18-10-13-4-3-5-15(17)19-13/h3-9,14,18H,2,10H2,1H3. The van der Waals surface area contributed by atoms with E-state index in [9.17, 15) is 0 Å². The molecular formula is C15H16Br2N2. The number of aromatic nitrogens is 1. The Morgan fingerprint density at radius 2 is 1.84 bits per heavy atom. The van der Waals surface area contributed by atoms with Crippen LogP contribution >= 0.6 is 31.9 Å². The molecule has 1 aromatic carbocycles. The highest BCUT2D eigenvalue weighted by atomic mass is 79.9. The maximum Gasteiger partial charge on any atom is 0.106 e. The Bertz CT molecular complexity index is 526. The van der Waals surface area contributed by atoms with Gasteiger partial charge in [-0.25, -0.2) is 4.98 Å². The summed E-state index contributed by atoms with van der Waals surface area (Å²) in [6, 6.07) is 14.8. The van der Waals surface area contributed by atoms with E-state index in [1.54, 1.807) is 0 Å². The van der Waals surface area contributed by atoms with Crippen LogP contribution in [0.3, 0.4) is 0 Å². The maximum absolute atomic E-state index is 4.43. The summed E-state index contributed by atoms with van der Waals surface area (Å²) in [6.07, 6.45) is 1.05. The van der Waals surface area contributed by atoms with Crippen LogP contribution in [0.15, 0.2) is 51.5 Å². The molecule has 1 N–H and O–H groups in total. The molecule has 0 spiro atoms. The third-order valence-electron chi connectivity index (χ3n) is 2.98. The number of halogens is 2. The molecule has 1 unspecified atom stereocenters. The van der Waals surface area contributed by atoms with E-state index in [1.807, 2.05) is 18.2 Å². The van der Waals surface area contributed by atoms with Crippen molar-refractivity contribution in [1.82, 2.24) is 10.3 Å².